The van der Waals surface area contributed by atoms with Crippen molar-refractivity contribution in [2.45, 2.75) is 40.0 Å². The molecule has 1 amide bonds. The molecule has 0 aliphatic carbocycles. The van der Waals surface area contributed by atoms with E-state index in [9.17, 15) is 19.2 Å². The standard InChI is InChI=1S/C26H29NO6/c1-4-5-12-32-25(30)19-8-10-22(11-9-19)27-15-21(14-24(27)29)26(31)33-16-23(28)20-7-6-17(2)18(3)13-20/h6-11,13,21H,4-5,12,14-16H2,1-3H3/t21-/m1/s1. The molecule has 0 aromatic heterocycles. The maximum atomic E-state index is 12.5. The molecule has 1 heterocycles. The maximum absolute atomic E-state index is 12.5. The Bertz CT molecular complexity index is 1040. The first-order valence-electron chi connectivity index (χ1n) is 11.1. The molecule has 1 aliphatic heterocycles. The molecule has 1 atom stereocenters. The SMILES string of the molecule is CCCCOC(=O)c1ccc(N2C[C@H](C(=O)OCC(=O)c3ccc(C)c(C)c3)CC2=O)cc1. The van der Waals surface area contributed by atoms with E-state index in [0.29, 0.717) is 23.4 Å². The lowest BCUT2D eigenvalue weighted by molar-refractivity contribution is -0.147. The van der Waals surface area contributed by atoms with Crippen molar-refractivity contribution in [2.75, 3.05) is 24.7 Å². The number of ketones is 1. The zero-order chi connectivity index (χ0) is 24.0. The lowest BCUT2D eigenvalue weighted by Crippen LogP contribution is -2.27. The molecule has 7 heteroatoms. The van der Waals surface area contributed by atoms with Crippen LogP contribution in [0.25, 0.3) is 0 Å². The molecule has 3 rings (SSSR count). The van der Waals surface area contributed by atoms with E-state index in [0.717, 1.165) is 24.0 Å². The van der Waals surface area contributed by atoms with Gasteiger partial charge in [0.15, 0.2) is 12.4 Å². The summed E-state index contributed by atoms with van der Waals surface area (Å²) in [5.41, 5.74) is 3.55. The first kappa shape index (κ1) is 24.2. The minimum absolute atomic E-state index is 0.0114. The van der Waals surface area contributed by atoms with Gasteiger partial charge >= 0.3 is 11.9 Å². The van der Waals surface area contributed by atoms with Gasteiger partial charge in [0.25, 0.3) is 0 Å². The quantitative estimate of drug-likeness (QED) is 0.325. The molecular formula is C26H29NO6. The number of rotatable bonds is 9. The molecular weight excluding hydrogens is 422 g/mol. The second-order valence-corrected chi connectivity index (χ2v) is 8.27. The zero-order valence-electron chi connectivity index (χ0n) is 19.3. The fourth-order valence-electron chi connectivity index (χ4n) is 3.54. The van der Waals surface area contributed by atoms with E-state index in [4.69, 9.17) is 9.47 Å². The van der Waals surface area contributed by atoms with Crippen LogP contribution in [-0.2, 0) is 19.1 Å². The van der Waals surface area contributed by atoms with Gasteiger partial charge in [0.2, 0.25) is 5.91 Å². The highest BCUT2D eigenvalue weighted by molar-refractivity contribution is 6.01. The van der Waals surface area contributed by atoms with E-state index in [1.54, 1.807) is 36.4 Å². The predicted molar refractivity (Wildman–Crippen MR) is 123 cm³/mol. The van der Waals surface area contributed by atoms with Gasteiger partial charge in [0, 0.05) is 24.2 Å². The third-order valence-electron chi connectivity index (χ3n) is 5.78. The van der Waals surface area contributed by atoms with Crippen molar-refractivity contribution >= 4 is 29.3 Å². The van der Waals surface area contributed by atoms with Crippen LogP contribution < -0.4 is 4.90 Å². The number of nitrogens with zero attached hydrogens (tertiary/aromatic N) is 1. The van der Waals surface area contributed by atoms with Gasteiger partial charge in [-0.1, -0.05) is 25.5 Å². The Morgan fingerprint density at radius 1 is 0.970 bits per heavy atom. The van der Waals surface area contributed by atoms with Crippen molar-refractivity contribution < 1.29 is 28.7 Å². The topological polar surface area (TPSA) is 90.0 Å². The zero-order valence-corrected chi connectivity index (χ0v) is 19.3. The van der Waals surface area contributed by atoms with E-state index in [2.05, 4.69) is 0 Å². The minimum Gasteiger partial charge on any atom is -0.462 e. The molecule has 0 unspecified atom stereocenters. The summed E-state index contributed by atoms with van der Waals surface area (Å²) in [6.45, 7) is 6.06. The monoisotopic (exact) mass is 451 g/mol. The minimum atomic E-state index is -0.649. The third-order valence-corrected chi connectivity index (χ3v) is 5.78. The van der Waals surface area contributed by atoms with Crippen LogP contribution in [0, 0.1) is 19.8 Å². The summed E-state index contributed by atoms with van der Waals surface area (Å²) >= 11 is 0. The normalized spacial score (nSPS) is 15.4. The second kappa shape index (κ2) is 10.9. The summed E-state index contributed by atoms with van der Waals surface area (Å²) in [6.07, 6.45) is 1.75. The number of unbranched alkanes of at least 4 members (excludes halogenated alkanes) is 1. The highest BCUT2D eigenvalue weighted by Gasteiger charge is 2.36. The first-order chi connectivity index (χ1) is 15.8. The van der Waals surface area contributed by atoms with Gasteiger partial charge in [-0.05, 0) is 61.7 Å². The maximum Gasteiger partial charge on any atom is 0.338 e. The summed E-state index contributed by atoms with van der Waals surface area (Å²) in [7, 11) is 0. The summed E-state index contributed by atoms with van der Waals surface area (Å²) in [6, 6.07) is 11.9. The fourth-order valence-corrected chi connectivity index (χ4v) is 3.54. The van der Waals surface area contributed by atoms with E-state index in [-0.39, 0.29) is 31.3 Å². The first-order valence-corrected chi connectivity index (χ1v) is 11.1. The molecule has 0 bridgehead atoms. The number of esters is 2. The number of carbonyl (C=O) groups excluding carboxylic acids is 4. The molecule has 0 N–H and O–H groups in total. The molecule has 174 valence electrons. The van der Waals surface area contributed by atoms with Crippen LogP contribution in [0.15, 0.2) is 42.5 Å². The van der Waals surface area contributed by atoms with Crippen LogP contribution in [0.4, 0.5) is 5.69 Å². The molecule has 7 nitrogen and oxygen atoms in total. The van der Waals surface area contributed by atoms with Gasteiger partial charge < -0.3 is 14.4 Å². The van der Waals surface area contributed by atoms with Crippen molar-refractivity contribution in [3.05, 3.63) is 64.7 Å². The van der Waals surface area contributed by atoms with Crippen molar-refractivity contribution in [1.82, 2.24) is 0 Å². The van der Waals surface area contributed by atoms with Crippen LogP contribution in [-0.4, -0.2) is 43.4 Å². The highest BCUT2D eigenvalue weighted by atomic mass is 16.5. The average Bonchev–Trinajstić information content (AvgIpc) is 3.21. The molecule has 1 saturated heterocycles. The number of benzene rings is 2. The Morgan fingerprint density at radius 2 is 1.67 bits per heavy atom. The Balaban J connectivity index is 1.54. The summed E-state index contributed by atoms with van der Waals surface area (Å²) in [4.78, 5) is 50.8. The Labute approximate surface area is 193 Å². The molecule has 1 aliphatic rings. The van der Waals surface area contributed by atoms with Crippen LogP contribution in [0.5, 0.6) is 0 Å². The van der Waals surface area contributed by atoms with Crippen LogP contribution >= 0.6 is 0 Å². The van der Waals surface area contributed by atoms with E-state index >= 15 is 0 Å². The van der Waals surface area contributed by atoms with Crippen molar-refractivity contribution in [3.63, 3.8) is 0 Å². The Morgan fingerprint density at radius 3 is 2.33 bits per heavy atom. The van der Waals surface area contributed by atoms with Gasteiger partial charge in [0.1, 0.15) is 0 Å². The molecule has 1 fully saturated rings. The fraction of sp³-hybridized carbons (Fsp3) is 0.385. The average molecular weight is 452 g/mol. The van der Waals surface area contributed by atoms with Gasteiger partial charge in [-0.3, -0.25) is 14.4 Å². The number of amides is 1. The van der Waals surface area contributed by atoms with Crippen LogP contribution in [0.3, 0.4) is 0 Å². The smallest absolute Gasteiger partial charge is 0.338 e. The number of aryl methyl sites for hydroxylation is 2. The number of carbonyl (C=O) groups is 4. The molecule has 0 radical (unpaired) electrons. The number of hydrogen-bond acceptors (Lipinski definition) is 6. The number of hydrogen-bond donors (Lipinski definition) is 0. The van der Waals surface area contributed by atoms with E-state index in [1.165, 1.54) is 4.90 Å². The van der Waals surface area contributed by atoms with Gasteiger partial charge in [-0.2, -0.15) is 0 Å². The Hall–Kier alpha value is -3.48. The molecule has 0 saturated carbocycles. The lowest BCUT2D eigenvalue weighted by atomic mass is 10.0. The van der Waals surface area contributed by atoms with E-state index in [1.807, 2.05) is 26.8 Å². The molecule has 2 aromatic carbocycles. The number of ether oxygens (including phenoxy) is 2. The van der Waals surface area contributed by atoms with Crippen molar-refractivity contribution in [1.29, 1.82) is 0 Å². The van der Waals surface area contributed by atoms with Gasteiger partial charge in [-0.25, -0.2) is 4.79 Å². The van der Waals surface area contributed by atoms with Gasteiger partial charge in [0.05, 0.1) is 18.1 Å². The van der Waals surface area contributed by atoms with Crippen LogP contribution in [0.2, 0.25) is 0 Å². The van der Waals surface area contributed by atoms with E-state index < -0.39 is 17.9 Å². The second-order valence-electron chi connectivity index (χ2n) is 8.27. The predicted octanol–water partition coefficient (Wildman–Crippen LogP) is 4.04. The number of anilines is 1. The largest absolute Gasteiger partial charge is 0.462 e. The third kappa shape index (κ3) is 6.06. The summed E-state index contributed by atoms with van der Waals surface area (Å²) < 4.78 is 10.4. The van der Waals surface area contributed by atoms with Crippen molar-refractivity contribution in [3.8, 4) is 0 Å². The summed E-state index contributed by atoms with van der Waals surface area (Å²) in [5.74, 6) is -2.12. The van der Waals surface area contributed by atoms with Gasteiger partial charge in [-0.15, -0.1) is 0 Å². The lowest BCUT2D eigenvalue weighted by Gasteiger charge is -2.17. The molecule has 33 heavy (non-hydrogen) atoms. The number of Topliss-reactive ketones (excluding diaryl/α,β-unsaturated/α-hetero) is 1. The highest BCUT2D eigenvalue weighted by Crippen LogP contribution is 2.26. The van der Waals surface area contributed by atoms with Crippen LogP contribution in [0.1, 0.15) is 58.0 Å². The molecule has 2 aromatic rings. The van der Waals surface area contributed by atoms with Crippen molar-refractivity contribution in [2.24, 2.45) is 5.92 Å². The Kier molecular flexibility index (Phi) is 7.98. The summed E-state index contributed by atoms with van der Waals surface area (Å²) in [5, 5.41) is 0. The molecule has 0 spiro atoms.